The molecule has 1 N–H and O–H groups in total. The molecule has 92 valence electrons. The van der Waals surface area contributed by atoms with Gasteiger partial charge in [0.15, 0.2) is 0 Å². The maximum absolute atomic E-state index is 3.55. The van der Waals surface area contributed by atoms with Gasteiger partial charge in [-0.1, -0.05) is 31.9 Å². The van der Waals surface area contributed by atoms with Crippen LogP contribution in [0.4, 0.5) is 5.69 Å². The maximum Gasteiger partial charge on any atom is 0.0375 e. The summed E-state index contributed by atoms with van der Waals surface area (Å²) in [6, 6.07) is 6.88. The van der Waals surface area contributed by atoms with E-state index in [2.05, 4.69) is 30.4 Å². The maximum atomic E-state index is 3.55. The lowest BCUT2D eigenvalue weighted by Crippen LogP contribution is -2.17. The van der Waals surface area contributed by atoms with Gasteiger partial charge >= 0.3 is 0 Å². The van der Waals surface area contributed by atoms with E-state index >= 15 is 0 Å². The summed E-state index contributed by atoms with van der Waals surface area (Å²) in [7, 11) is 0. The van der Waals surface area contributed by atoms with Gasteiger partial charge in [-0.15, -0.1) is 0 Å². The molecule has 1 aliphatic heterocycles. The number of benzene rings is 1. The summed E-state index contributed by atoms with van der Waals surface area (Å²) in [6.45, 7) is 3.57. The Morgan fingerprint density at radius 1 is 1.18 bits per heavy atom. The molecule has 0 amide bonds. The number of fused-ring (bicyclic) bond motifs is 1. The average molecular weight is 229 g/mol. The standard InChI is InChI=1S/C16H23N/c1-12-5-2-6-13(11-12)14-7-3-9-16-15(14)8-4-10-17-16/h3,7,9,12-13,17H,2,4-6,8,10-11H2,1H3. The van der Waals surface area contributed by atoms with Crippen LogP contribution in [0.15, 0.2) is 18.2 Å². The largest absolute Gasteiger partial charge is 0.385 e. The molecule has 3 rings (SSSR count). The van der Waals surface area contributed by atoms with Crippen molar-refractivity contribution >= 4 is 5.69 Å². The van der Waals surface area contributed by atoms with E-state index in [1.807, 2.05) is 0 Å². The molecule has 2 atom stereocenters. The molecule has 0 spiro atoms. The third-order valence-corrected chi connectivity index (χ3v) is 4.51. The van der Waals surface area contributed by atoms with Crippen molar-refractivity contribution in [1.29, 1.82) is 0 Å². The Hall–Kier alpha value is -0.980. The van der Waals surface area contributed by atoms with Crippen LogP contribution >= 0.6 is 0 Å². The summed E-state index contributed by atoms with van der Waals surface area (Å²) in [4.78, 5) is 0. The molecule has 17 heavy (non-hydrogen) atoms. The zero-order valence-electron chi connectivity index (χ0n) is 10.8. The molecule has 1 heteroatoms. The quantitative estimate of drug-likeness (QED) is 0.755. The molecule has 1 aromatic carbocycles. The van der Waals surface area contributed by atoms with E-state index in [0.717, 1.165) is 18.4 Å². The Morgan fingerprint density at radius 3 is 3.00 bits per heavy atom. The highest BCUT2D eigenvalue weighted by Gasteiger charge is 2.24. The van der Waals surface area contributed by atoms with Gasteiger partial charge in [0.1, 0.15) is 0 Å². The first kappa shape index (κ1) is 11.1. The highest BCUT2D eigenvalue weighted by atomic mass is 14.9. The van der Waals surface area contributed by atoms with E-state index in [0.29, 0.717) is 0 Å². The molecule has 0 radical (unpaired) electrons. The zero-order valence-corrected chi connectivity index (χ0v) is 10.8. The van der Waals surface area contributed by atoms with Gasteiger partial charge in [-0.2, -0.15) is 0 Å². The topological polar surface area (TPSA) is 12.0 Å². The van der Waals surface area contributed by atoms with Crippen molar-refractivity contribution in [3.05, 3.63) is 29.3 Å². The van der Waals surface area contributed by atoms with Crippen LogP contribution in [0.5, 0.6) is 0 Å². The highest BCUT2D eigenvalue weighted by molar-refractivity contribution is 5.57. The van der Waals surface area contributed by atoms with Gasteiger partial charge in [-0.05, 0) is 54.7 Å². The number of anilines is 1. The fourth-order valence-corrected chi connectivity index (χ4v) is 3.64. The third-order valence-electron chi connectivity index (χ3n) is 4.51. The number of hydrogen-bond acceptors (Lipinski definition) is 1. The molecular formula is C16H23N. The molecular weight excluding hydrogens is 206 g/mol. The first-order chi connectivity index (χ1) is 8.34. The first-order valence-electron chi connectivity index (χ1n) is 7.20. The van der Waals surface area contributed by atoms with Crippen LogP contribution in [0.3, 0.4) is 0 Å². The second-order valence-corrected chi connectivity index (χ2v) is 5.87. The lowest BCUT2D eigenvalue weighted by atomic mass is 9.76. The van der Waals surface area contributed by atoms with Gasteiger partial charge in [0.2, 0.25) is 0 Å². The molecule has 1 fully saturated rings. The normalized spacial score (nSPS) is 28.3. The fraction of sp³-hybridized carbons (Fsp3) is 0.625. The van der Waals surface area contributed by atoms with Gasteiger partial charge in [0.25, 0.3) is 0 Å². The minimum absolute atomic E-state index is 0.827. The summed E-state index contributed by atoms with van der Waals surface area (Å²) >= 11 is 0. The van der Waals surface area contributed by atoms with Crippen LogP contribution < -0.4 is 5.32 Å². The smallest absolute Gasteiger partial charge is 0.0375 e. The zero-order chi connectivity index (χ0) is 11.7. The molecule has 1 heterocycles. The number of nitrogens with one attached hydrogen (secondary N) is 1. The molecule has 1 saturated carbocycles. The van der Waals surface area contributed by atoms with E-state index in [4.69, 9.17) is 0 Å². The molecule has 0 saturated heterocycles. The Bertz CT molecular complexity index is 397. The minimum atomic E-state index is 0.827. The van der Waals surface area contributed by atoms with Crippen LogP contribution in [0.25, 0.3) is 0 Å². The summed E-state index contributed by atoms with van der Waals surface area (Å²) < 4.78 is 0. The predicted molar refractivity (Wildman–Crippen MR) is 73.6 cm³/mol. The summed E-state index contributed by atoms with van der Waals surface area (Å²) in [5.41, 5.74) is 4.69. The summed E-state index contributed by atoms with van der Waals surface area (Å²) in [5, 5.41) is 3.55. The molecule has 0 aromatic heterocycles. The lowest BCUT2D eigenvalue weighted by molar-refractivity contribution is 0.343. The van der Waals surface area contributed by atoms with Crippen molar-refractivity contribution in [2.45, 2.75) is 51.4 Å². The number of rotatable bonds is 1. The van der Waals surface area contributed by atoms with E-state index in [1.165, 1.54) is 44.2 Å². The Kier molecular flexibility index (Phi) is 3.09. The third kappa shape index (κ3) is 2.20. The van der Waals surface area contributed by atoms with Crippen molar-refractivity contribution in [2.24, 2.45) is 5.92 Å². The van der Waals surface area contributed by atoms with Gasteiger partial charge in [0, 0.05) is 12.2 Å². The summed E-state index contributed by atoms with van der Waals surface area (Å²) in [6.07, 6.45) is 8.24. The molecule has 1 aliphatic carbocycles. The fourth-order valence-electron chi connectivity index (χ4n) is 3.64. The Balaban J connectivity index is 1.91. The molecule has 1 aromatic rings. The van der Waals surface area contributed by atoms with Crippen LogP contribution in [0.1, 0.15) is 56.1 Å². The van der Waals surface area contributed by atoms with Crippen molar-refractivity contribution in [3.63, 3.8) is 0 Å². The van der Waals surface area contributed by atoms with Crippen LogP contribution in [-0.2, 0) is 6.42 Å². The predicted octanol–water partition coefficient (Wildman–Crippen LogP) is 4.34. The van der Waals surface area contributed by atoms with E-state index < -0.39 is 0 Å². The van der Waals surface area contributed by atoms with E-state index in [9.17, 15) is 0 Å². The molecule has 2 aliphatic rings. The SMILES string of the molecule is CC1CCCC(c2cccc3c2CCCN3)C1. The van der Waals surface area contributed by atoms with Crippen LogP contribution in [0.2, 0.25) is 0 Å². The van der Waals surface area contributed by atoms with Gasteiger partial charge in [-0.25, -0.2) is 0 Å². The van der Waals surface area contributed by atoms with Crippen LogP contribution in [0, 0.1) is 5.92 Å². The van der Waals surface area contributed by atoms with Crippen LogP contribution in [-0.4, -0.2) is 6.54 Å². The van der Waals surface area contributed by atoms with E-state index in [1.54, 1.807) is 11.1 Å². The molecule has 2 unspecified atom stereocenters. The molecule has 1 nitrogen and oxygen atoms in total. The first-order valence-corrected chi connectivity index (χ1v) is 7.20. The van der Waals surface area contributed by atoms with E-state index in [-0.39, 0.29) is 0 Å². The molecule has 0 bridgehead atoms. The van der Waals surface area contributed by atoms with Crippen molar-refractivity contribution in [3.8, 4) is 0 Å². The Labute approximate surface area is 105 Å². The minimum Gasteiger partial charge on any atom is -0.385 e. The lowest BCUT2D eigenvalue weighted by Gasteiger charge is -2.30. The van der Waals surface area contributed by atoms with Crippen molar-refractivity contribution in [1.82, 2.24) is 0 Å². The highest BCUT2D eigenvalue weighted by Crippen LogP contribution is 2.39. The monoisotopic (exact) mass is 229 g/mol. The Morgan fingerprint density at radius 2 is 2.12 bits per heavy atom. The van der Waals surface area contributed by atoms with Gasteiger partial charge < -0.3 is 5.32 Å². The second-order valence-electron chi connectivity index (χ2n) is 5.87. The van der Waals surface area contributed by atoms with Crippen molar-refractivity contribution in [2.75, 3.05) is 11.9 Å². The average Bonchev–Trinajstić information content (AvgIpc) is 2.38. The van der Waals surface area contributed by atoms with Crippen molar-refractivity contribution < 1.29 is 0 Å². The summed E-state index contributed by atoms with van der Waals surface area (Å²) in [5.74, 6) is 1.75. The van der Waals surface area contributed by atoms with Gasteiger partial charge in [0.05, 0.1) is 0 Å². The number of hydrogen-bond donors (Lipinski definition) is 1. The van der Waals surface area contributed by atoms with Gasteiger partial charge in [-0.3, -0.25) is 0 Å². The second kappa shape index (κ2) is 4.72.